The number of nitrogen functional groups attached to an aromatic ring is 1. The van der Waals surface area contributed by atoms with Gasteiger partial charge in [-0.25, -0.2) is 9.78 Å². The molecular weight excluding hydrogens is 314 g/mol. The number of para-hydroxylation sites is 2. The predicted molar refractivity (Wildman–Crippen MR) is 89.5 cm³/mol. The molecule has 2 heterocycles. The van der Waals surface area contributed by atoms with Crippen LogP contribution in [0.1, 0.15) is 20.4 Å². The third-order valence-corrected chi connectivity index (χ3v) is 4.72. The van der Waals surface area contributed by atoms with Gasteiger partial charge < -0.3 is 21.3 Å². The number of carbonyl (C=O) groups excluding carboxylic acids is 2. The van der Waals surface area contributed by atoms with E-state index < -0.39 is 0 Å². The van der Waals surface area contributed by atoms with Crippen molar-refractivity contribution in [3.05, 3.63) is 39.8 Å². The molecule has 4 N–H and O–H groups in total. The summed E-state index contributed by atoms with van der Waals surface area (Å²) in [7, 11) is 1.60. The fourth-order valence-corrected chi connectivity index (χ4v) is 3.43. The van der Waals surface area contributed by atoms with Crippen molar-refractivity contribution in [3.63, 3.8) is 0 Å². The zero-order chi connectivity index (χ0) is 16.4. The maximum atomic E-state index is 12.3. The van der Waals surface area contributed by atoms with Crippen LogP contribution in [0.5, 0.6) is 0 Å². The summed E-state index contributed by atoms with van der Waals surface area (Å²) in [4.78, 5) is 31.1. The normalized spacial score (nSPS) is 13.3. The Morgan fingerprint density at radius 3 is 2.87 bits per heavy atom. The van der Waals surface area contributed by atoms with Crippen LogP contribution in [0, 0.1) is 0 Å². The number of nitrogens with two attached hydrogens (primary N) is 1. The van der Waals surface area contributed by atoms with E-state index in [1.165, 1.54) is 11.3 Å². The van der Waals surface area contributed by atoms with Crippen molar-refractivity contribution >= 4 is 34.6 Å². The maximum absolute atomic E-state index is 12.3. The highest BCUT2D eigenvalue weighted by molar-refractivity contribution is 7.13. The molecule has 0 atom stereocenters. The molecule has 3 rings (SSSR count). The van der Waals surface area contributed by atoms with Crippen molar-refractivity contribution in [2.45, 2.75) is 13.0 Å². The quantitative estimate of drug-likeness (QED) is 0.729. The highest BCUT2D eigenvalue weighted by Crippen LogP contribution is 2.26. The van der Waals surface area contributed by atoms with Gasteiger partial charge in [-0.2, -0.15) is 0 Å². The zero-order valence-corrected chi connectivity index (χ0v) is 13.4. The molecule has 1 aromatic carbocycles. The number of carbonyl (C=O) groups is 2. The van der Waals surface area contributed by atoms with Crippen molar-refractivity contribution in [1.29, 1.82) is 0 Å². The Bertz CT molecular complexity index is 758. The molecule has 0 saturated heterocycles. The lowest BCUT2D eigenvalue weighted by Gasteiger charge is -2.25. The molecule has 3 amide bonds. The van der Waals surface area contributed by atoms with Crippen LogP contribution in [0.15, 0.2) is 24.3 Å². The molecule has 120 valence electrons. The average Bonchev–Trinajstić information content (AvgIpc) is 2.99. The van der Waals surface area contributed by atoms with Crippen LogP contribution in [0.25, 0.3) is 0 Å². The lowest BCUT2D eigenvalue weighted by Crippen LogP contribution is -2.40. The molecule has 1 aromatic heterocycles. The molecule has 0 spiro atoms. The first kappa shape index (κ1) is 15.3. The molecule has 1 aliphatic heterocycles. The highest BCUT2D eigenvalue weighted by atomic mass is 32.1. The Labute approximate surface area is 137 Å². The molecule has 7 nitrogen and oxygen atoms in total. The number of urea groups is 1. The minimum Gasteiger partial charge on any atom is -0.397 e. The van der Waals surface area contributed by atoms with Gasteiger partial charge in [-0.05, 0) is 12.1 Å². The van der Waals surface area contributed by atoms with Gasteiger partial charge in [-0.3, -0.25) is 4.79 Å². The van der Waals surface area contributed by atoms with Gasteiger partial charge >= 0.3 is 6.03 Å². The number of nitrogens with one attached hydrogen (secondary N) is 2. The Morgan fingerprint density at radius 1 is 1.35 bits per heavy atom. The number of anilines is 2. The van der Waals surface area contributed by atoms with Crippen molar-refractivity contribution in [1.82, 2.24) is 15.2 Å². The summed E-state index contributed by atoms with van der Waals surface area (Å²) >= 11 is 1.31. The Kier molecular flexibility index (Phi) is 4.16. The maximum Gasteiger partial charge on any atom is 0.317 e. The summed E-state index contributed by atoms with van der Waals surface area (Å²) in [5.41, 5.74) is 7.79. The van der Waals surface area contributed by atoms with E-state index in [-0.39, 0.29) is 11.9 Å². The van der Waals surface area contributed by atoms with Gasteiger partial charge in [-0.1, -0.05) is 12.1 Å². The van der Waals surface area contributed by atoms with E-state index in [0.717, 1.165) is 10.6 Å². The lowest BCUT2D eigenvalue weighted by atomic mass is 10.2. The first-order valence-corrected chi connectivity index (χ1v) is 8.01. The van der Waals surface area contributed by atoms with E-state index in [1.807, 2.05) is 0 Å². The van der Waals surface area contributed by atoms with Gasteiger partial charge in [0.25, 0.3) is 5.91 Å². The molecule has 8 heteroatoms. The topological polar surface area (TPSA) is 100 Å². The number of rotatable bonds is 2. The monoisotopic (exact) mass is 331 g/mol. The van der Waals surface area contributed by atoms with E-state index in [0.29, 0.717) is 35.9 Å². The smallest absolute Gasteiger partial charge is 0.317 e. The van der Waals surface area contributed by atoms with E-state index in [1.54, 1.807) is 36.2 Å². The van der Waals surface area contributed by atoms with E-state index >= 15 is 0 Å². The number of hydrogen-bond acceptors (Lipinski definition) is 5. The Hall–Kier alpha value is -2.61. The van der Waals surface area contributed by atoms with Crippen LogP contribution < -0.4 is 16.4 Å². The number of hydrogen-bond donors (Lipinski definition) is 3. The van der Waals surface area contributed by atoms with Crippen LogP contribution in [0.3, 0.4) is 0 Å². The highest BCUT2D eigenvalue weighted by Gasteiger charge is 2.25. The third-order valence-electron chi connectivity index (χ3n) is 3.64. The fourth-order valence-electron chi connectivity index (χ4n) is 2.41. The molecule has 2 aromatic rings. The first-order valence-electron chi connectivity index (χ1n) is 7.19. The van der Waals surface area contributed by atoms with Crippen molar-refractivity contribution in [2.24, 2.45) is 0 Å². The second kappa shape index (κ2) is 6.25. The van der Waals surface area contributed by atoms with Crippen LogP contribution in [-0.2, 0) is 13.0 Å². The van der Waals surface area contributed by atoms with Crippen molar-refractivity contribution in [2.75, 3.05) is 24.6 Å². The lowest BCUT2D eigenvalue weighted by molar-refractivity contribution is 0.102. The molecule has 0 saturated carbocycles. The number of benzene rings is 1. The first-order chi connectivity index (χ1) is 11.1. The van der Waals surface area contributed by atoms with Crippen LogP contribution in [0.2, 0.25) is 0 Å². The van der Waals surface area contributed by atoms with E-state index in [2.05, 4.69) is 15.6 Å². The number of thiazole rings is 1. The summed E-state index contributed by atoms with van der Waals surface area (Å²) in [6.45, 7) is 1.08. The molecular formula is C15H17N5O2S. The standard InChI is InChI=1S/C15H17N5O2S/c1-17-15(22)20-7-6-11-12(8-20)23-14(19-11)13(21)18-10-5-3-2-4-9(10)16/h2-5H,6-8,16H2,1H3,(H,17,22)(H,18,21). The van der Waals surface area contributed by atoms with Crippen LogP contribution in [0.4, 0.5) is 16.2 Å². The van der Waals surface area contributed by atoms with Crippen molar-refractivity contribution < 1.29 is 9.59 Å². The van der Waals surface area contributed by atoms with Gasteiger partial charge in [0.05, 0.1) is 23.6 Å². The number of amides is 3. The molecule has 23 heavy (non-hydrogen) atoms. The largest absolute Gasteiger partial charge is 0.397 e. The van der Waals surface area contributed by atoms with E-state index in [4.69, 9.17) is 5.73 Å². The zero-order valence-electron chi connectivity index (χ0n) is 12.6. The summed E-state index contributed by atoms with van der Waals surface area (Å²) in [5.74, 6) is -0.284. The molecule has 0 unspecified atom stereocenters. The number of nitrogens with zero attached hydrogens (tertiary/aromatic N) is 2. The Balaban J connectivity index is 1.76. The number of aromatic nitrogens is 1. The minimum absolute atomic E-state index is 0.118. The molecule has 0 fully saturated rings. The van der Waals surface area contributed by atoms with Gasteiger partial charge in [0, 0.05) is 24.9 Å². The summed E-state index contributed by atoms with van der Waals surface area (Å²) in [6.07, 6.45) is 0.653. The SMILES string of the molecule is CNC(=O)N1CCc2nc(C(=O)Nc3ccccc3N)sc2C1. The number of fused-ring (bicyclic) bond motifs is 1. The third kappa shape index (κ3) is 3.11. The average molecular weight is 331 g/mol. The van der Waals surface area contributed by atoms with Gasteiger partial charge in [0.2, 0.25) is 0 Å². The Morgan fingerprint density at radius 2 is 2.13 bits per heavy atom. The van der Waals surface area contributed by atoms with Crippen LogP contribution >= 0.6 is 11.3 Å². The summed E-state index contributed by atoms with van der Waals surface area (Å²) in [6, 6.07) is 6.96. The second-order valence-electron chi connectivity index (χ2n) is 5.16. The molecule has 0 aliphatic carbocycles. The van der Waals surface area contributed by atoms with Crippen molar-refractivity contribution in [3.8, 4) is 0 Å². The van der Waals surface area contributed by atoms with E-state index in [9.17, 15) is 9.59 Å². The second-order valence-corrected chi connectivity index (χ2v) is 6.24. The van der Waals surface area contributed by atoms with Crippen LogP contribution in [-0.4, -0.2) is 35.4 Å². The molecule has 1 aliphatic rings. The minimum atomic E-state index is -0.284. The summed E-state index contributed by atoms with van der Waals surface area (Å²) < 4.78 is 0. The predicted octanol–water partition coefficient (Wildman–Crippen LogP) is 1.68. The molecule has 0 bridgehead atoms. The van der Waals surface area contributed by atoms with Gasteiger partial charge in [0.1, 0.15) is 0 Å². The van der Waals surface area contributed by atoms with Gasteiger partial charge in [0.15, 0.2) is 5.01 Å². The van der Waals surface area contributed by atoms with Gasteiger partial charge in [-0.15, -0.1) is 11.3 Å². The summed E-state index contributed by atoms with van der Waals surface area (Å²) in [5, 5.41) is 5.77. The fraction of sp³-hybridized carbons (Fsp3) is 0.267. The molecule has 0 radical (unpaired) electrons.